The summed E-state index contributed by atoms with van der Waals surface area (Å²) in [6.45, 7) is 4.16. The van der Waals surface area contributed by atoms with Crippen molar-refractivity contribution in [3.8, 4) is 0 Å². The number of ether oxygens (including phenoxy) is 2. The van der Waals surface area contributed by atoms with Gasteiger partial charge < -0.3 is 9.47 Å². The molecule has 7 nitrogen and oxygen atoms in total. The summed E-state index contributed by atoms with van der Waals surface area (Å²) in [6, 6.07) is 4.87. The molecule has 8 heteroatoms. The van der Waals surface area contributed by atoms with Crippen molar-refractivity contribution in [2.75, 3.05) is 13.2 Å². The quantitative estimate of drug-likeness (QED) is 0.455. The standard InChI is InChI=1S/C19H25ClN2O5/c1-3-5-9-26-17(23)12-21-15-8-7-14(20)11-16(15)22(19(21)25)13-18(24)27-10-6-4-2/h7-8,11H,3-6,9-10,12-13H2,1-2H3. The second-order valence-corrected chi connectivity index (χ2v) is 6.67. The lowest BCUT2D eigenvalue weighted by molar-refractivity contribution is -0.145. The van der Waals surface area contributed by atoms with Gasteiger partial charge in [0.15, 0.2) is 0 Å². The SMILES string of the molecule is CCCCOC(=O)Cn1c(=O)n(CC(=O)OCCCC)c2cc(Cl)ccc21. The van der Waals surface area contributed by atoms with Crippen LogP contribution in [-0.2, 0) is 32.2 Å². The fraction of sp³-hybridized carbons (Fsp3) is 0.526. The van der Waals surface area contributed by atoms with E-state index in [-0.39, 0.29) is 13.1 Å². The number of aromatic nitrogens is 2. The second kappa shape index (κ2) is 10.2. The Hall–Kier alpha value is -2.28. The van der Waals surface area contributed by atoms with E-state index in [1.807, 2.05) is 13.8 Å². The largest absolute Gasteiger partial charge is 0.464 e. The molecular formula is C19H25ClN2O5. The highest BCUT2D eigenvalue weighted by molar-refractivity contribution is 6.31. The molecule has 0 bridgehead atoms. The number of fused-ring (bicyclic) bond motifs is 1. The average Bonchev–Trinajstić information content (AvgIpc) is 2.87. The summed E-state index contributed by atoms with van der Waals surface area (Å²) in [5, 5.41) is 0.429. The molecule has 1 aromatic carbocycles. The van der Waals surface area contributed by atoms with Crippen LogP contribution < -0.4 is 5.69 Å². The Morgan fingerprint density at radius 2 is 1.44 bits per heavy atom. The summed E-state index contributed by atoms with van der Waals surface area (Å²) >= 11 is 6.05. The van der Waals surface area contributed by atoms with Gasteiger partial charge in [0.05, 0.1) is 24.2 Å². The normalized spacial score (nSPS) is 10.9. The molecule has 2 aromatic rings. The summed E-state index contributed by atoms with van der Waals surface area (Å²) in [5.74, 6) is -1.000. The molecule has 0 N–H and O–H groups in total. The topological polar surface area (TPSA) is 79.5 Å². The Morgan fingerprint density at radius 3 is 1.96 bits per heavy atom. The molecule has 1 aromatic heterocycles. The summed E-state index contributed by atoms with van der Waals surface area (Å²) in [7, 11) is 0. The van der Waals surface area contributed by atoms with E-state index in [0.717, 1.165) is 25.7 Å². The van der Waals surface area contributed by atoms with Crippen LogP contribution in [0.25, 0.3) is 11.0 Å². The van der Waals surface area contributed by atoms with Crippen molar-refractivity contribution in [1.29, 1.82) is 0 Å². The Labute approximate surface area is 162 Å². The van der Waals surface area contributed by atoms with Gasteiger partial charge in [0, 0.05) is 5.02 Å². The molecule has 0 radical (unpaired) electrons. The number of hydrogen-bond donors (Lipinski definition) is 0. The molecule has 2 rings (SSSR count). The van der Waals surface area contributed by atoms with Crippen molar-refractivity contribution in [2.45, 2.75) is 52.6 Å². The molecule has 0 aliphatic carbocycles. The van der Waals surface area contributed by atoms with E-state index in [0.29, 0.717) is 29.3 Å². The van der Waals surface area contributed by atoms with Gasteiger partial charge in [-0.05, 0) is 31.0 Å². The van der Waals surface area contributed by atoms with Crippen LogP contribution in [0.1, 0.15) is 39.5 Å². The molecule has 0 saturated heterocycles. The third kappa shape index (κ3) is 5.60. The zero-order chi connectivity index (χ0) is 19.8. The number of nitrogens with zero attached hydrogens (tertiary/aromatic N) is 2. The highest BCUT2D eigenvalue weighted by Crippen LogP contribution is 2.19. The molecular weight excluding hydrogens is 372 g/mol. The van der Waals surface area contributed by atoms with Gasteiger partial charge in [-0.25, -0.2) is 4.79 Å². The minimum atomic E-state index is -0.505. The van der Waals surface area contributed by atoms with Gasteiger partial charge in [0.2, 0.25) is 0 Å². The molecule has 1 heterocycles. The van der Waals surface area contributed by atoms with Gasteiger partial charge in [-0.1, -0.05) is 38.3 Å². The third-order valence-corrected chi connectivity index (χ3v) is 4.31. The van der Waals surface area contributed by atoms with Crippen molar-refractivity contribution < 1.29 is 19.1 Å². The van der Waals surface area contributed by atoms with E-state index in [9.17, 15) is 14.4 Å². The molecule has 0 spiro atoms. The zero-order valence-corrected chi connectivity index (χ0v) is 16.5. The Balaban J connectivity index is 2.27. The van der Waals surface area contributed by atoms with Crippen LogP contribution in [0.5, 0.6) is 0 Å². The number of esters is 2. The van der Waals surface area contributed by atoms with Gasteiger partial charge in [0.25, 0.3) is 0 Å². The molecule has 0 aliphatic rings. The summed E-state index contributed by atoms with van der Waals surface area (Å²) in [6.07, 6.45) is 3.34. The van der Waals surface area contributed by atoms with Crippen LogP contribution in [0.15, 0.2) is 23.0 Å². The molecule has 148 valence electrons. The predicted octanol–water partition coefficient (Wildman–Crippen LogP) is 3.14. The number of unbranched alkanes of at least 4 members (excludes halogenated alkanes) is 2. The number of hydrogen-bond acceptors (Lipinski definition) is 5. The van der Waals surface area contributed by atoms with Crippen molar-refractivity contribution in [2.24, 2.45) is 0 Å². The Morgan fingerprint density at radius 1 is 0.926 bits per heavy atom. The van der Waals surface area contributed by atoms with Crippen LogP contribution in [-0.4, -0.2) is 34.3 Å². The van der Waals surface area contributed by atoms with Crippen LogP contribution in [0.3, 0.4) is 0 Å². The second-order valence-electron chi connectivity index (χ2n) is 6.24. The van der Waals surface area contributed by atoms with Gasteiger partial charge in [-0.2, -0.15) is 0 Å². The lowest BCUT2D eigenvalue weighted by Gasteiger charge is -2.05. The van der Waals surface area contributed by atoms with Crippen LogP contribution in [0.2, 0.25) is 5.02 Å². The summed E-state index contributed by atoms with van der Waals surface area (Å²) < 4.78 is 12.9. The maximum atomic E-state index is 12.8. The van der Waals surface area contributed by atoms with Gasteiger partial charge in [-0.3, -0.25) is 18.7 Å². The first kappa shape index (κ1) is 21.0. The van der Waals surface area contributed by atoms with Crippen LogP contribution in [0, 0.1) is 0 Å². The van der Waals surface area contributed by atoms with Crippen molar-refractivity contribution in [3.05, 3.63) is 33.7 Å². The van der Waals surface area contributed by atoms with Gasteiger partial charge >= 0.3 is 17.6 Å². The minimum absolute atomic E-state index is 0.224. The maximum absolute atomic E-state index is 12.8. The van der Waals surface area contributed by atoms with E-state index >= 15 is 0 Å². The first-order chi connectivity index (χ1) is 13.0. The van der Waals surface area contributed by atoms with Crippen molar-refractivity contribution in [3.63, 3.8) is 0 Å². The molecule has 0 fully saturated rings. The smallest absolute Gasteiger partial charge is 0.330 e. The minimum Gasteiger partial charge on any atom is -0.464 e. The predicted molar refractivity (Wildman–Crippen MR) is 103 cm³/mol. The lowest BCUT2D eigenvalue weighted by Crippen LogP contribution is -2.30. The monoisotopic (exact) mass is 396 g/mol. The number of halogens is 1. The summed E-state index contributed by atoms with van der Waals surface area (Å²) in [4.78, 5) is 36.9. The van der Waals surface area contributed by atoms with Gasteiger partial charge in [-0.15, -0.1) is 0 Å². The molecule has 0 unspecified atom stereocenters. The van der Waals surface area contributed by atoms with E-state index in [1.54, 1.807) is 18.2 Å². The first-order valence-corrected chi connectivity index (χ1v) is 9.55. The number of rotatable bonds is 10. The molecule has 0 aliphatic heterocycles. The summed E-state index contributed by atoms with van der Waals surface area (Å²) in [5.41, 5.74) is 0.506. The number of benzene rings is 1. The van der Waals surface area contributed by atoms with E-state index < -0.39 is 17.6 Å². The van der Waals surface area contributed by atoms with Crippen LogP contribution >= 0.6 is 11.6 Å². The number of imidazole rings is 1. The lowest BCUT2D eigenvalue weighted by atomic mass is 10.3. The molecule has 0 atom stereocenters. The average molecular weight is 397 g/mol. The molecule has 0 saturated carbocycles. The fourth-order valence-electron chi connectivity index (χ4n) is 2.61. The number of carbonyl (C=O) groups is 2. The Kier molecular flexibility index (Phi) is 7.91. The van der Waals surface area contributed by atoms with E-state index in [1.165, 1.54) is 9.13 Å². The molecule has 0 amide bonds. The number of carbonyl (C=O) groups excluding carboxylic acids is 2. The third-order valence-electron chi connectivity index (χ3n) is 4.08. The van der Waals surface area contributed by atoms with Gasteiger partial charge in [0.1, 0.15) is 13.1 Å². The Bertz CT molecular complexity index is 856. The van der Waals surface area contributed by atoms with Crippen molar-refractivity contribution in [1.82, 2.24) is 9.13 Å². The first-order valence-electron chi connectivity index (χ1n) is 9.17. The van der Waals surface area contributed by atoms with E-state index in [2.05, 4.69) is 0 Å². The van der Waals surface area contributed by atoms with E-state index in [4.69, 9.17) is 21.1 Å². The zero-order valence-electron chi connectivity index (χ0n) is 15.7. The highest BCUT2D eigenvalue weighted by atomic mass is 35.5. The van der Waals surface area contributed by atoms with Crippen molar-refractivity contribution >= 4 is 34.6 Å². The highest BCUT2D eigenvalue weighted by Gasteiger charge is 2.19. The molecule has 27 heavy (non-hydrogen) atoms. The maximum Gasteiger partial charge on any atom is 0.330 e. The van der Waals surface area contributed by atoms with Crippen LogP contribution in [0.4, 0.5) is 0 Å². The fourth-order valence-corrected chi connectivity index (χ4v) is 2.77.